The highest BCUT2D eigenvalue weighted by Crippen LogP contribution is 2.39. The van der Waals surface area contributed by atoms with E-state index < -0.39 is 0 Å². The topological polar surface area (TPSA) is 47.6 Å². The van der Waals surface area contributed by atoms with E-state index in [0.29, 0.717) is 23.0 Å². The summed E-state index contributed by atoms with van der Waals surface area (Å²) in [6.07, 6.45) is 9.78. The van der Waals surface area contributed by atoms with Crippen molar-refractivity contribution in [3.63, 3.8) is 0 Å². The van der Waals surface area contributed by atoms with Crippen LogP contribution in [0, 0.1) is 22.7 Å². The smallest absolute Gasteiger partial charge is 0.101 e. The lowest BCUT2D eigenvalue weighted by molar-refractivity contribution is 0.437. The molecule has 0 heterocycles. The molecule has 22 heavy (non-hydrogen) atoms. The molecule has 0 bridgehead atoms. The van der Waals surface area contributed by atoms with Crippen LogP contribution < -0.4 is 0 Å². The maximum atomic E-state index is 9.36. The van der Waals surface area contributed by atoms with E-state index in [9.17, 15) is 10.5 Å². The average Bonchev–Trinajstić information content (AvgIpc) is 2.59. The third-order valence-corrected chi connectivity index (χ3v) is 5.08. The lowest BCUT2D eigenvalue weighted by Gasteiger charge is -2.28. The Hall–Kier alpha value is -1.80. The van der Waals surface area contributed by atoms with Gasteiger partial charge in [-0.15, -0.1) is 0 Å². The molecule has 0 aromatic heterocycles. The number of nitrogens with zero attached hydrogens (tertiary/aromatic N) is 2. The Bertz CT molecular complexity index is 541. The predicted octanol–water partition coefficient (Wildman–Crippen LogP) is 5.77. The van der Waals surface area contributed by atoms with Crippen molar-refractivity contribution in [2.45, 2.75) is 77.0 Å². The predicted molar refractivity (Wildman–Crippen MR) is 89.6 cm³/mol. The van der Waals surface area contributed by atoms with Gasteiger partial charge in [-0.25, -0.2) is 0 Å². The summed E-state index contributed by atoms with van der Waals surface area (Å²) in [6, 6.07) is 8.49. The van der Waals surface area contributed by atoms with Crippen molar-refractivity contribution in [3.8, 4) is 12.1 Å². The Labute approximate surface area is 134 Å². The van der Waals surface area contributed by atoms with Crippen molar-refractivity contribution >= 4 is 0 Å². The van der Waals surface area contributed by atoms with Crippen LogP contribution in [0.2, 0.25) is 0 Å². The number of rotatable bonds is 5. The lowest BCUT2D eigenvalue weighted by Crippen LogP contribution is -2.11. The monoisotopic (exact) mass is 294 g/mol. The lowest BCUT2D eigenvalue weighted by atomic mass is 9.77. The van der Waals surface area contributed by atoms with E-state index in [0.717, 1.165) is 19.3 Å². The molecular formula is C20H26N2. The SMILES string of the molecule is CCCC(CC)c1cc(C#N)c(C#N)cc1C1CCCCC1. The van der Waals surface area contributed by atoms with E-state index in [1.165, 1.54) is 43.2 Å². The first-order valence-electron chi connectivity index (χ1n) is 8.73. The molecule has 0 N–H and O–H groups in total. The van der Waals surface area contributed by atoms with Crippen molar-refractivity contribution in [3.05, 3.63) is 34.4 Å². The van der Waals surface area contributed by atoms with Gasteiger partial charge in [-0.05, 0) is 60.8 Å². The molecule has 1 atom stereocenters. The summed E-state index contributed by atoms with van der Waals surface area (Å²) in [5.41, 5.74) is 3.80. The first-order chi connectivity index (χ1) is 10.7. The fourth-order valence-electron chi connectivity index (χ4n) is 3.87. The molecule has 0 aliphatic heterocycles. The first-order valence-corrected chi connectivity index (χ1v) is 8.73. The second-order valence-corrected chi connectivity index (χ2v) is 6.48. The molecule has 0 saturated heterocycles. The van der Waals surface area contributed by atoms with Crippen LogP contribution in [0.25, 0.3) is 0 Å². The molecule has 1 aromatic carbocycles. The van der Waals surface area contributed by atoms with Crippen LogP contribution in [0.3, 0.4) is 0 Å². The second kappa shape index (κ2) is 8.00. The number of benzene rings is 1. The van der Waals surface area contributed by atoms with E-state index in [4.69, 9.17) is 0 Å². The van der Waals surface area contributed by atoms with Crippen molar-refractivity contribution in [2.24, 2.45) is 0 Å². The van der Waals surface area contributed by atoms with E-state index in [2.05, 4.69) is 26.0 Å². The van der Waals surface area contributed by atoms with Crippen LogP contribution in [-0.4, -0.2) is 0 Å². The van der Waals surface area contributed by atoms with Gasteiger partial charge in [0.05, 0.1) is 11.1 Å². The molecule has 2 rings (SSSR count). The molecule has 1 aromatic rings. The Morgan fingerprint density at radius 1 is 1.05 bits per heavy atom. The normalized spacial score (nSPS) is 16.7. The van der Waals surface area contributed by atoms with E-state index in [-0.39, 0.29) is 0 Å². The highest BCUT2D eigenvalue weighted by atomic mass is 14.3. The Kier molecular flexibility index (Phi) is 6.02. The molecule has 1 aliphatic rings. The zero-order valence-corrected chi connectivity index (χ0v) is 13.9. The maximum Gasteiger partial charge on any atom is 0.101 e. The van der Waals surface area contributed by atoms with Gasteiger partial charge in [0.15, 0.2) is 0 Å². The second-order valence-electron chi connectivity index (χ2n) is 6.48. The van der Waals surface area contributed by atoms with Crippen LogP contribution in [0.5, 0.6) is 0 Å². The van der Waals surface area contributed by atoms with Crippen LogP contribution in [-0.2, 0) is 0 Å². The maximum absolute atomic E-state index is 9.36. The Morgan fingerprint density at radius 2 is 1.68 bits per heavy atom. The average molecular weight is 294 g/mol. The minimum absolute atomic E-state index is 0.516. The number of nitriles is 2. The summed E-state index contributed by atoms with van der Waals surface area (Å²) in [5.74, 6) is 1.09. The van der Waals surface area contributed by atoms with Gasteiger partial charge in [-0.2, -0.15) is 10.5 Å². The summed E-state index contributed by atoms with van der Waals surface area (Å²) in [6.45, 7) is 4.45. The van der Waals surface area contributed by atoms with Gasteiger partial charge in [0, 0.05) is 0 Å². The fourth-order valence-corrected chi connectivity index (χ4v) is 3.87. The molecule has 2 nitrogen and oxygen atoms in total. The van der Waals surface area contributed by atoms with Gasteiger partial charge in [-0.3, -0.25) is 0 Å². The van der Waals surface area contributed by atoms with E-state index >= 15 is 0 Å². The van der Waals surface area contributed by atoms with Crippen LogP contribution in [0.4, 0.5) is 0 Å². The summed E-state index contributed by atoms with van der Waals surface area (Å²) in [7, 11) is 0. The molecule has 1 fully saturated rings. The first kappa shape index (κ1) is 16.6. The molecule has 1 unspecified atom stereocenters. The van der Waals surface area contributed by atoms with Gasteiger partial charge in [-0.1, -0.05) is 39.5 Å². The Balaban J connectivity index is 2.52. The van der Waals surface area contributed by atoms with Crippen molar-refractivity contribution in [1.82, 2.24) is 0 Å². The van der Waals surface area contributed by atoms with Crippen molar-refractivity contribution < 1.29 is 0 Å². The van der Waals surface area contributed by atoms with Gasteiger partial charge >= 0.3 is 0 Å². The number of hydrogen-bond acceptors (Lipinski definition) is 2. The quantitative estimate of drug-likeness (QED) is 0.692. The molecular weight excluding hydrogens is 268 g/mol. The fraction of sp³-hybridized carbons (Fsp3) is 0.600. The highest BCUT2D eigenvalue weighted by Gasteiger charge is 2.23. The molecule has 0 spiro atoms. The summed E-state index contributed by atoms with van der Waals surface area (Å²) >= 11 is 0. The van der Waals surface area contributed by atoms with Crippen molar-refractivity contribution in [1.29, 1.82) is 10.5 Å². The summed E-state index contributed by atoms with van der Waals surface area (Å²) in [4.78, 5) is 0. The number of hydrogen-bond donors (Lipinski definition) is 0. The standard InChI is InChI=1S/C20H26N2/c1-3-8-15(4-2)19-11-17(13-21)18(14-22)12-20(19)16-9-6-5-7-10-16/h11-12,15-16H,3-10H2,1-2H3. The third kappa shape index (κ3) is 3.50. The van der Waals surface area contributed by atoms with Gasteiger partial charge in [0.1, 0.15) is 12.1 Å². The molecule has 0 radical (unpaired) electrons. The Morgan fingerprint density at radius 3 is 2.23 bits per heavy atom. The molecule has 116 valence electrons. The summed E-state index contributed by atoms with van der Waals surface area (Å²) < 4.78 is 0. The third-order valence-electron chi connectivity index (χ3n) is 5.08. The van der Waals surface area contributed by atoms with Gasteiger partial charge < -0.3 is 0 Å². The van der Waals surface area contributed by atoms with Crippen LogP contribution >= 0.6 is 0 Å². The van der Waals surface area contributed by atoms with Gasteiger partial charge in [0.2, 0.25) is 0 Å². The zero-order valence-electron chi connectivity index (χ0n) is 13.9. The molecule has 1 aliphatic carbocycles. The minimum atomic E-state index is 0.516. The van der Waals surface area contributed by atoms with Crippen molar-refractivity contribution in [2.75, 3.05) is 0 Å². The minimum Gasteiger partial charge on any atom is -0.192 e. The molecule has 0 amide bonds. The van der Waals surface area contributed by atoms with Gasteiger partial charge in [0.25, 0.3) is 0 Å². The van der Waals surface area contributed by atoms with E-state index in [1.54, 1.807) is 0 Å². The zero-order chi connectivity index (χ0) is 15.9. The van der Waals surface area contributed by atoms with Crippen LogP contribution in [0.1, 0.15) is 99.3 Å². The van der Waals surface area contributed by atoms with E-state index in [1.807, 2.05) is 12.1 Å². The molecule has 1 saturated carbocycles. The summed E-state index contributed by atoms with van der Waals surface area (Å²) in [5, 5.41) is 18.7. The highest BCUT2D eigenvalue weighted by molar-refractivity contribution is 5.52. The largest absolute Gasteiger partial charge is 0.192 e. The molecule has 2 heteroatoms. The van der Waals surface area contributed by atoms with Crippen LogP contribution in [0.15, 0.2) is 12.1 Å².